The number of nitrogens with two attached hydrogens (primary N) is 1. The number of alkyl halides is 2. The molecule has 0 radical (unpaired) electrons. The predicted molar refractivity (Wildman–Crippen MR) is 97.4 cm³/mol. The molecule has 3 aromatic rings. The summed E-state index contributed by atoms with van der Waals surface area (Å²) in [6, 6.07) is 4.73. The highest BCUT2D eigenvalue weighted by Crippen LogP contribution is 2.28. The van der Waals surface area contributed by atoms with Crippen LogP contribution in [0, 0.1) is 0 Å². The van der Waals surface area contributed by atoms with Crippen LogP contribution in [0.1, 0.15) is 22.7 Å². The fourth-order valence-electron chi connectivity index (χ4n) is 2.19. The molecule has 0 spiro atoms. The van der Waals surface area contributed by atoms with Crippen LogP contribution in [0.3, 0.4) is 0 Å². The van der Waals surface area contributed by atoms with Crippen molar-refractivity contribution < 1.29 is 18.0 Å². The highest BCUT2D eigenvalue weighted by molar-refractivity contribution is 6.34. The number of rotatable bonds is 5. The molecule has 0 unspecified atom stereocenters. The molecule has 0 aliphatic heterocycles. The Bertz CT molecular complexity index is 1030. The molecule has 2 aromatic heterocycles. The van der Waals surface area contributed by atoms with Crippen molar-refractivity contribution in [3.8, 4) is 11.5 Å². The molecule has 146 valence electrons. The molecule has 9 nitrogen and oxygen atoms in total. The van der Waals surface area contributed by atoms with E-state index >= 15 is 0 Å². The van der Waals surface area contributed by atoms with E-state index in [1.807, 2.05) is 0 Å². The maximum atomic E-state index is 12.6. The van der Waals surface area contributed by atoms with Gasteiger partial charge in [-0.25, -0.2) is 4.98 Å². The minimum Gasteiger partial charge on any atom is -0.415 e. The molecule has 0 saturated heterocycles. The van der Waals surface area contributed by atoms with Crippen LogP contribution in [-0.4, -0.2) is 45.1 Å². The van der Waals surface area contributed by atoms with Gasteiger partial charge in [-0.05, 0) is 18.2 Å². The van der Waals surface area contributed by atoms with E-state index in [9.17, 15) is 13.6 Å². The van der Waals surface area contributed by atoms with E-state index in [0.29, 0.717) is 11.3 Å². The number of halogens is 3. The Morgan fingerprint density at radius 1 is 1.32 bits per heavy atom. The Morgan fingerprint density at radius 3 is 2.64 bits per heavy atom. The second-order valence-electron chi connectivity index (χ2n) is 5.76. The van der Waals surface area contributed by atoms with Crippen LogP contribution in [0.15, 0.2) is 28.8 Å². The maximum Gasteiger partial charge on any atom is 0.314 e. The topological polar surface area (TPSA) is 123 Å². The Kier molecular flexibility index (Phi) is 5.36. The van der Waals surface area contributed by atoms with E-state index in [-0.39, 0.29) is 34.2 Å². The van der Waals surface area contributed by atoms with Crippen LogP contribution < -0.4 is 11.1 Å². The van der Waals surface area contributed by atoms with Gasteiger partial charge in [0.1, 0.15) is 5.82 Å². The molecule has 0 saturated carbocycles. The number of carbonyl (C=O) groups is 1. The highest BCUT2D eigenvalue weighted by Gasteiger charge is 2.19. The fourth-order valence-corrected chi connectivity index (χ4v) is 2.45. The molecule has 28 heavy (non-hydrogen) atoms. The minimum atomic E-state index is -2.89. The lowest BCUT2D eigenvalue weighted by molar-refractivity contribution is 0.0827. The lowest BCUT2D eigenvalue weighted by Gasteiger charge is -2.13. The molecule has 0 aliphatic rings. The Balaban J connectivity index is 1.81. The monoisotopic (exact) mass is 409 g/mol. The third kappa shape index (κ3) is 3.98. The fraction of sp³-hybridized carbons (Fsp3) is 0.188. The number of hydrogen-bond donors (Lipinski definition) is 2. The van der Waals surface area contributed by atoms with Crippen LogP contribution in [-0.2, 0) is 0 Å². The summed E-state index contributed by atoms with van der Waals surface area (Å²) in [4.78, 5) is 21.5. The van der Waals surface area contributed by atoms with Crippen molar-refractivity contribution in [3.63, 3.8) is 0 Å². The molecule has 1 amide bonds. The highest BCUT2D eigenvalue weighted by atomic mass is 35.5. The number of nitrogen functional groups attached to an aromatic ring is 1. The first-order chi connectivity index (χ1) is 13.3. The Labute approximate surface area is 162 Å². The van der Waals surface area contributed by atoms with Gasteiger partial charge in [0.2, 0.25) is 5.95 Å². The summed E-state index contributed by atoms with van der Waals surface area (Å²) in [5, 5.41) is 9.87. The molecule has 12 heteroatoms. The number of anilines is 3. The van der Waals surface area contributed by atoms with Gasteiger partial charge < -0.3 is 20.4 Å². The second-order valence-corrected chi connectivity index (χ2v) is 6.17. The molecule has 0 aliphatic carbocycles. The summed E-state index contributed by atoms with van der Waals surface area (Å²) in [5.74, 6) is -1.19. The quantitative estimate of drug-likeness (QED) is 0.658. The van der Waals surface area contributed by atoms with E-state index < -0.39 is 12.3 Å². The minimum absolute atomic E-state index is 0.0486. The van der Waals surface area contributed by atoms with E-state index in [0.717, 1.165) is 0 Å². The van der Waals surface area contributed by atoms with Crippen LogP contribution in [0.4, 0.5) is 26.2 Å². The van der Waals surface area contributed by atoms with Crippen LogP contribution in [0.5, 0.6) is 0 Å². The average Bonchev–Trinajstić information content (AvgIpc) is 3.11. The molecule has 1 aromatic carbocycles. The third-order valence-electron chi connectivity index (χ3n) is 3.54. The van der Waals surface area contributed by atoms with Gasteiger partial charge in [0, 0.05) is 26.0 Å². The SMILES string of the molecule is CN(C)C(=O)c1ccc(Nc2ncc(-c3nnc(C(F)F)o3)c(N)n2)cc1Cl. The smallest absolute Gasteiger partial charge is 0.314 e. The maximum absolute atomic E-state index is 12.6. The number of nitrogens with one attached hydrogen (secondary N) is 1. The summed E-state index contributed by atoms with van der Waals surface area (Å²) in [7, 11) is 3.24. The van der Waals surface area contributed by atoms with Gasteiger partial charge in [0.15, 0.2) is 0 Å². The van der Waals surface area contributed by atoms with Crippen molar-refractivity contribution in [2.24, 2.45) is 0 Å². The lowest BCUT2D eigenvalue weighted by Crippen LogP contribution is -2.21. The molecule has 3 N–H and O–H groups in total. The first-order valence-electron chi connectivity index (χ1n) is 7.79. The zero-order valence-corrected chi connectivity index (χ0v) is 15.4. The Hall–Kier alpha value is -3.34. The van der Waals surface area contributed by atoms with Crippen molar-refractivity contribution in [3.05, 3.63) is 40.9 Å². The van der Waals surface area contributed by atoms with Gasteiger partial charge in [-0.2, -0.15) is 13.8 Å². The van der Waals surface area contributed by atoms with Crippen molar-refractivity contribution in [1.82, 2.24) is 25.1 Å². The van der Waals surface area contributed by atoms with E-state index in [4.69, 9.17) is 21.8 Å². The summed E-state index contributed by atoms with van der Waals surface area (Å²) >= 11 is 6.16. The number of amides is 1. The van der Waals surface area contributed by atoms with Crippen LogP contribution >= 0.6 is 11.6 Å². The number of carbonyl (C=O) groups excluding carboxylic acids is 1. The standard InChI is InChI=1S/C16H14ClF2N7O2/c1-26(2)15(27)8-4-3-7(5-10(8)17)22-16-21-6-9(12(20)23-16)13-24-25-14(28-13)11(18)19/h3-6,11H,1-2H3,(H3,20,21,22,23). The Morgan fingerprint density at radius 2 is 2.07 bits per heavy atom. The van der Waals surface area contributed by atoms with Crippen LogP contribution in [0.2, 0.25) is 5.02 Å². The summed E-state index contributed by atoms with van der Waals surface area (Å²) in [5.41, 5.74) is 6.82. The van der Waals surface area contributed by atoms with Gasteiger partial charge in [0.05, 0.1) is 16.1 Å². The zero-order valence-electron chi connectivity index (χ0n) is 14.7. The average molecular weight is 410 g/mol. The molecule has 0 atom stereocenters. The number of nitrogens with zero attached hydrogens (tertiary/aromatic N) is 5. The number of aromatic nitrogens is 4. The van der Waals surface area contributed by atoms with Crippen LogP contribution in [0.25, 0.3) is 11.5 Å². The largest absolute Gasteiger partial charge is 0.415 e. The summed E-state index contributed by atoms with van der Waals surface area (Å²) in [6.07, 6.45) is -1.63. The normalized spacial score (nSPS) is 10.9. The van der Waals surface area contributed by atoms with Gasteiger partial charge in [-0.1, -0.05) is 11.6 Å². The second kappa shape index (κ2) is 7.72. The molecule has 0 fully saturated rings. The first kappa shape index (κ1) is 19.4. The van der Waals surface area contributed by atoms with Crippen molar-refractivity contribution in [2.75, 3.05) is 25.1 Å². The van der Waals surface area contributed by atoms with Crippen molar-refractivity contribution in [1.29, 1.82) is 0 Å². The molecule has 0 bridgehead atoms. The zero-order chi connectivity index (χ0) is 20.4. The summed E-state index contributed by atoms with van der Waals surface area (Å²) in [6.45, 7) is 0. The van der Waals surface area contributed by atoms with E-state index in [2.05, 4.69) is 25.5 Å². The van der Waals surface area contributed by atoms with Crippen molar-refractivity contribution in [2.45, 2.75) is 6.43 Å². The molecule has 3 rings (SSSR count). The molecular formula is C16H14ClF2N7O2. The lowest BCUT2D eigenvalue weighted by atomic mass is 10.2. The van der Waals surface area contributed by atoms with Gasteiger partial charge in [-0.3, -0.25) is 4.79 Å². The molecular weight excluding hydrogens is 396 g/mol. The predicted octanol–water partition coefficient (Wildman–Crippen LogP) is 3.15. The number of benzene rings is 1. The van der Waals surface area contributed by atoms with E-state index in [1.165, 1.54) is 11.1 Å². The summed E-state index contributed by atoms with van der Waals surface area (Å²) < 4.78 is 29.9. The number of hydrogen-bond acceptors (Lipinski definition) is 8. The third-order valence-corrected chi connectivity index (χ3v) is 3.85. The van der Waals surface area contributed by atoms with Gasteiger partial charge in [0.25, 0.3) is 17.7 Å². The van der Waals surface area contributed by atoms with Gasteiger partial charge in [-0.15, -0.1) is 10.2 Å². The van der Waals surface area contributed by atoms with E-state index in [1.54, 1.807) is 32.3 Å². The van der Waals surface area contributed by atoms with Crippen molar-refractivity contribution >= 4 is 35.0 Å². The first-order valence-corrected chi connectivity index (χ1v) is 8.16. The van der Waals surface area contributed by atoms with Gasteiger partial charge >= 0.3 is 6.43 Å². The molecule has 2 heterocycles.